The highest BCUT2D eigenvalue weighted by atomic mass is 32.1. The molecule has 0 saturated carbocycles. The van der Waals surface area contributed by atoms with Gasteiger partial charge in [0.05, 0.1) is 18.6 Å². The Hall–Kier alpha value is -1.65. The maximum Gasteiger partial charge on any atom is 0.225 e. The van der Waals surface area contributed by atoms with Crippen molar-refractivity contribution >= 4 is 17.2 Å². The van der Waals surface area contributed by atoms with Gasteiger partial charge in [0.15, 0.2) is 0 Å². The lowest BCUT2D eigenvalue weighted by Gasteiger charge is -2.37. The Morgan fingerprint density at radius 2 is 2.13 bits per heavy atom. The Morgan fingerprint density at radius 3 is 2.91 bits per heavy atom. The van der Waals surface area contributed by atoms with Crippen molar-refractivity contribution in [2.24, 2.45) is 0 Å². The number of hydrogen-bond donors (Lipinski definition) is 0. The van der Waals surface area contributed by atoms with Crippen molar-refractivity contribution in [3.63, 3.8) is 0 Å². The molecule has 0 spiro atoms. The molecular weight excluding hydrogens is 306 g/mol. The molecule has 1 aromatic heterocycles. The van der Waals surface area contributed by atoms with Crippen LogP contribution in [0.2, 0.25) is 0 Å². The molecule has 2 aliphatic heterocycles. The molecule has 3 nitrogen and oxygen atoms in total. The number of nitrogens with zero attached hydrogens (tertiary/aromatic N) is 1. The Bertz CT molecular complexity index is 676. The van der Waals surface area contributed by atoms with E-state index in [2.05, 4.69) is 40.6 Å². The van der Waals surface area contributed by atoms with E-state index >= 15 is 0 Å². The van der Waals surface area contributed by atoms with Gasteiger partial charge in [-0.1, -0.05) is 30.3 Å². The van der Waals surface area contributed by atoms with Gasteiger partial charge in [-0.15, -0.1) is 11.3 Å². The van der Waals surface area contributed by atoms with E-state index in [1.54, 1.807) is 0 Å². The van der Waals surface area contributed by atoms with E-state index in [-0.39, 0.29) is 18.1 Å². The molecule has 0 N–H and O–H groups in total. The molecule has 3 heterocycles. The zero-order valence-corrected chi connectivity index (χ0v) is 13.9. The molecule has 2 atom stereocenters. The van der Waals surface area contributed by atoms with E-state index in [9.17, 15) is 4.79 Å². The summed E-state index contributed by atoms with van der Waals surface area (Å²) < 4.78 is 5.66. The van der Waals surface area contributed by atoms with Crippen LogP contribution in [0.15, 0.2) is 41.8 Å². The lowest BCUT2D eigenvalue weighted by Crippen LogP contribution is -2.41. The van der Waals surface area contributed by atoms with Gasteiger partial charge in [-0.05, 0) is 41.8 Å². The normalized spacial score (nSPS) is 23.7. The second kappa shape index (κ2) is 6.46. The number of ether oxygens (including phenoxy) is 1. The van der Waals surface area contributed by atoms with Crippen LogP contribution >= 0.6 is 11.3 Å². The Morgan fingerprint density at radius 1 is 1.26 bits per heavy atom. The molecule has 1 fully saturated rings. The molecule has 23 heavy (non-hydrogen) atoms. The number of thiophene rings is 1. The standard InChI is InChI=1S/C19H21NO2S/c21-18(13-15-7-4-11-22-15)20-10-8-17-16(9-12-23-17)19(20)14-5-2-1-3-6-14/h1-3,5-6,9,12,15,19H,4,7-8,10-11,13H2. The SMILES string of the molecule is O=C(CC1CCCO1)N1CCc2sccc2C1c1ccccc1. The van der Waals surface area contributed by atoms with E-state index in [0.29, 0.717) is 6.42 Å². The molecule has 120 valence electrons. The summed E-state index contributed by atoms with van der Waals surface area (Å²) in [5.74, 6) is 0.225. The molecule has 4 rings (SSSR count). The fraction of sp³-hybridized carbons (Fsp3) is 0.421. The summed E-state index contributed by atoms with van der Waals surface area (Å²) in [5, 5.41) is 2.15. The zero-order chi connectivity index (χ0) is 15.6. The number of amides is 1. The van der Waals surface area contributed by atoms with Gasteiger partial charge in [-0.25, -0.2) is 0 Å². The molecule has 2 aromatic rings. The summed E-state index contributed by atoms with van der Waals surface area (Å²) in [7, 11) is 0. The van der Waals surface area contributed by atoms with Crippen molar-refractivity contribution in [2.75, 3.05) is 13.2 Å². The summed E-state index contributed by atoms with van der Waals surface area (Å²) in [4.78, 5) is 16.4. The summed E-state index contributed by atoms with van der Waals surface area (Å²) in [6.45, 7) is 1.60. The largest absolute Gasteiger partial charge is 0.378 e. The van der Waals surface area contributed by atoms with Gasteiger partial charge >= 0.3 is 0 Å². The highest BCUT2D eigenvalue weighted by molar-refractivity contribution is 7.10. The van der Waals surface area contributed by atoms with Crippen LogP contribution in [0.4, 0.5) is 0 Å². The van der Waals surface area contributed by atoms with Crippen molar-refractivity contribution in [3.8, 4) is 0 Å². The van der Waals surface area contributed by atoms with Crippen molar-refractivity contribution in [3.05, 3.63) is 57.8 Å². The summed E-state index contributed by atoms with van der Waals surface area (Å²) in [5.41, 5.74) is 2.50. The number of rotatable bonds is 3. The van der Waals surface area contributed by atoms with Crippen molar-refractivity contribution in [2.45, 2.75) is 37.8 Å². The van der Waals surface area contributed by atoms with Gasteiger partial charge in [-0.3, -0.25) is 4.79 Å². The Labute approximate surface area is 140 Å². The average Bonchev–Trinajstić information content (AvgIpc) is 3.25. The predicted octanol–water partition coefficient (Wildman–Crippen LogP) is 3.79. The molecular formula is C19H21NO2S. The molecule has 1 saturated heterocycles. The lowest BCUT2D eigenvalue weighted by atomic mass is 9.92. The Kier molecular flexibility index (Phi) is 4.19. The summed E-state index contributed by atoms with van der Waals surface area (Å²) in [6.07, 6.45) is 3.69. The first-order valence-electron chi connectivity index (χ1n) is 8.35. The number of carbonyl (C=O) groups is 1. The van der Waals surface area contributed by atoms with Crippen LogP contribution in [0.3, 0.4) is 0 Å². The van der Waals surface area contributed by atoms with Crippen LogP contribution in [-0.2, 0) is 16.0 Å². The number of fused-ring (bicyclic) bond motifs is 1. The molecule has 2 unspecified atom stereocenters. The van der Waals surface area contributed by atoms with Crippen LogP contribution in [0.5, 0.6) is 0 Å². The minimum atomic E-state index is 0.0557. The van der Waals surface area contributed by atoms with Gasteiger partial charge in [0.2, 0.25) is 5.91 Å². The predicted molar refractivity (Wildman–Crippen MR) is 91.6 cm³/mol. The maximum absolute atomic E-state index is 12.9. The number of benzene rings is 1. The highest BCUT2D eigenvalue weighted by Gasteiger charge is 2.34. The quantitative estimate of drug-likeness (QED) is 0.858. The van der Waals surface area contributed by atoms with E-state index in [4.69, 9.17) is 4.74 Å². The minimum Gasteiger partial charge on any atom is -0.378 e. The van der Waals surface area contributed by atoms with Crippen LogP contribution in [-0.4, -0.2) is 30.1 Å². The van der Waals surface area contributed by atoms with Gasteiger partial charge in [0.25, 0.3) is 0 Å². The number of hydrogen-bond acceptors (Lipinski definition) is 3. The molecule has 1 amide bonds. The van der Waals surface area contributed by atoms with E-state index in [1.807, 2.05) is 17.4 Å². The topological polar surface area (TPSA) is 29.5 Å². The molecule has 0 bridgehead atoms. The number of carbonyl (C=O) groups excluding carboxylic acids is 1. The molecule has 2 aliphatic rings. The minimum absolute atomic E-state index is 0.0557. The third kappa shape index (κ3) is 2.93. The third-order valence-corrected chi connectivity index (χ3v) is 5.82. The van der Waals surface area contributed by atoms with Gasteiger partial charge in [0, 0.05) is 18.0 Å². The molecule has 4 heteroatoms. The average molecular weight is 327 g/mol. The first-order valence-corrected chi connectivity index (χ1v) is 9.23. The second-order valence-electron chi connectivity index (χ2n) is 6.29. The fourth-order valence-corrected chi connectivity index (χ4v) is 4.60. The first kappa shape index (κ1) is 14.9. The van der Waals surface area contributed by atoms with Crippen LogP contribution in [0.25, 0.3) is 0 Å². The van der Waals surface area contributed by atoms with Crippen molar-refractivity contribution in [1.82, 2.24) is 4.90 Å². The van der Waals surface area contributed by atoms with E-state index in [1.165, 1.54) is 16.0 Å². The fourth-order valence-electron chi connectivity index (χ4n) is 3.70. The highest BCUT2D eigenvalue weighted by Crippen LogP contribution is 2.38. The Balaban J connectivity index is 1.63. The van der Waals surface area contributed by atoms with E-state index < -0.39 is 0 Å². The van der Waals surface area contributed by atoms with Crippen LogP contribution in [0, 0.1) is 0 Å². The van der Waals surface area contributed by atoms with E-state index in [0.717, 1.165) is 32.4 Å². The zero-order valence-electron chi connectivity index (χ0n) is 13.1. The van der Waals surface area contributed by atoms with Gasteiger partial charge in [0.1, 0.15) is 0 Å². The summed E-state index contributed by atoms with van der Waals surface area (Å²) in [6, 6.07) is 12.6. The van der Waals surface area contributed by atoms with Crippen molar-refractivity contribution in [1.29, 1.82) is 0 Å². The molecule has 0 aliphatic carbocycles. The van der Waals surface area contributed by atoms with Crippen LogP contribution < -0.4 is 0 Å². The monoisotopic (exact) mass is 327 g/mol. The van der Waals surface area contributed by atoms with Crippen LogP contribution in [0.1, 0.15) is 41.3 Å². The van der Waals surface area contributed by atoms with Crippen molar-refractivity contribution < 1.29 is 9.53 Å². The summed E-state index contributed by atoms with van der Waals surface area (Å²) >= 11 is 1.81. The third-order valence-electron chi connectivity index (χ3n) is 4.83. The first-order chi connectivity index (χ1) is 11.3. The smallest absolute Gasteiger partial charge is 0.225 e. The lowest BCUT2D eigenvalue weighted by molar-refractivity contribution is -0.135. The molecule has 1 aromatic carbocycles. The van der Waals surface area contributed by atoms with Gasteiger partial charge < -0.3 is 9.64 Å². The second-order valence-corrected chi connectivity index (χ2v) is 7.29. The van der Waals surface area contributed by atoms with Gasteiger partial charge in [-0.2, -0.15) is 0 Å². The maximum atomic E-state index is 12.9. The molecule has 0 radical (unpaired) electrons.